The van der Waals surface area contributed by atoms with Crippen molar-refractivity contribution >= 4 is 27.6 Å². The van der Waals surface area contributed by atoms with Gasteiger partial charge in [-0.2, -0.15) is 17.6 Å². The number of unbranched alkanes of at least 4 members (excludes halogenated alkanes) is 1. The Morgan fingerprint density at radius 2 is 1.64 bits per heavy atom. The number of amides is 1. The van der Waals surface area contributed by atoms with Crippen molar-refractivity contribution in [3.05, 3.63) is 89.5 Å². The van der Waals surface area contributed by atoms with Crippen molar-refractivity contribution in [2.24, 2.45) is 0 Å². The van der Waals surface area contributed by atoms with Gasteiger partial charge in [-0.05, 0) is 60.7 Å². The van der Waals surface area contributed by atoms with Gasteiger partial charge in [0, 0.05) is 13.0 Å². The molecule has 1 amide bonds. The maximum Gasteiger partial charge on any atom is 0.416 e. The largest absolute Gasteiger partial charge is 0.476 e. The molecule has 0 aliphatic heterocycles. The second kappa shape index (κ2) is 14.1. The van der Waals surface area contributed by atoms with Gasteiger partial charge in [0.1, 0.15) is 5.75 Å². The van der Waals surface area contributed by atoms with E-state index in [0.717, 1.165) is 12.1 Å². The number of aryl methyl sites for hydroxylation is 1. The van der Waals surface area contributed by atoms with E-state index in [2.05, 4.69) is 14.8 Å². The number of hydrogen-bond acceptors (Lipinski definition) is 6. The molecule has 2 atom stereocenters. The highest BCUT2D eigenvalue weighted by atomic mass is 32.2. The van der Waals surface area contributed by atoms with Gasteiger partial charge in [0.25, 0.3) is 0 Å². The first-order valence-electron chi connectivity index (χ1n) is 12.7. The molecular formula is C28H29F4N3O6S. The summed E-state index contributed by atoms with van der Waals surface area (Å²) >= 11 is 0. The van der Waals surface area contributed by atoms with Gasteiger partial charge in [0.2, 0.25) is 15.9 Å². The van der Waals surface area contributed by atoms with Gasteiger partial charge in [-0.1, -0.05) is 42.5 Å². The number of benzene rings is 3. The summed E-state index contributed by atoms with van der Waals surface area (Å²) in [6.07, 6.45) is -6.65. The van der Waals surface area contributed by atoms with E-state index in [0.29, 0.717) is 12.8 Å². The van der Waals surface area contributed by atoms with E-state index in [1.165, 1.54) is 54.6 Å². The molecule has 2 unspecified atom stereocenters. The number of aliphatic carboxylic acids is 1. The molecule has 0 heterocycles. The van der Waals surface area contributed by atoms with Crippen LogP contribution in [0.3, 0.4) is 0 Å². The van der Waals surface area contributed by atoms with Crippen LogP contribution in [-0.4, -0.2) is 38.3 Å². The molecule has 3 rings (SSSR count). The van der Waals surface area contributed by atoms with E-state index < -0.39 is 46.0 Å². The molecule has 9 nitrogen and oxygen atoms in total. The molecule has 0 aromatic heterocycles. The van der Waals surface area contributed by atoms with Gasteiger partial charge in [-0.15, -0.1) is 0 Å². The molecule has 3 aromatic rings. The minimum Gasteiger partial charge on any atom is -0.476 e. The number of carbonyl (C=O) groups is 2. The number of halogens is 4. The summed E-state index contributed by atoms with van der Waals surface area (Å²) in [5.74, 6) is -2.72. The van der Waals surface area contributed by atoms with Crippen LogP contribution in [0.15, 0.2) is 77.7 Å². The second-order valence-corrected chi connectivity index (χ2v) is 10.9. The van der Waals surface area contributed by atoms with Crippen molar-refractivity contribution in [3.8, 4) is 5.75 Å². The Morgan fingerprint density at radius 3 is 2.29 bits per heavy atom. The molecule has 0 aliphatic carbocycles. The average molecular weight is 612 g/mol. The van der Waals surface area contributed by atoms with Gasteiger partial charge in [-0.3, -0.25) is 4.79 Å². The lowest BCUT2D eigenvalue weighted by Crippen LogP contribution is -2.34. The second-order valence-electron chi connectivity index (χ2n) is 9.22. The molecule has 0 bridgehead atoms. The fourth-order valence-corrected chi connectivity index (χ4v) is 5.32. The quantitative estimate of drug-likeness (QED) is 0.118. The third kappa shape index (κ3) is 9.17. The minimum absolute atomic E-state index is 0.0656. The number of ether oxygens (including phenoxy) is 1. The van der Waals surface area contributed by atoms with Crippen molar-refractivity contribution < 1.29 is 45.4 Å². The lowest BCUT2D eigenvalue weighted by Gasteiger charge is -2.20. The summed E-state index contributed by atoms with van der Waals surface area (Å²) in [6.45, 7) is 0.132. The normalized spacial score (nSPS) is 13.2. The smallest absolute Gasteiger partial charge is 0.416 e. The lowest BCUT2D eigenvalue weighted by atomic mass is 10.0. The Bertz CT molecular complexity index is 1490. The van der Waals surface area contributed by atoms with Crippen LogP contribution in [-0.2, 0) is 32.2 Å². The van der Waals surface area contributed by atoms with Crippen molar-refractivity contribution in [2.75, 3.05) is 12.3 Å². The van der Waals surface area contributed by atoms with Crippen LogP contribution in [0.25, 0.3) is 0 Å². The van der Waals surface area contributed by atoms with Crippen LogP contribution < -0.4 is 20.5 Å². The average Bonchev–Trinajstić information content (AvgIpc) is 2.93. The van der Waals surface area contributed by atoms with Crippen LogP contribution in [0.4, 0.5) is 23.2 Å². The van der Waals surface area contributed by atoms with E-state index in [1.54, 1.807) is 6.07 Å². The number of rotatable bonds is 14. The molecule has 0 saturated heterocycles. The Kier molecular flexibility index (Phi) is 10.9. The SMILES string of the molecule is Nc1cc(C(CC(=O)NCCCCc2ccccc2C(F)(F)F)NS(=O)(=O)c2ccccc2)ccc1OC(F)C(=O)O. The zero-order valence-electron chi connectivity index (χ0n) is 22.1. The third-order valence-electron chi connectivity index (χ3n) is 6.12. The number of carboxylic acids is 1. The van der Waals surface area contributed by atoms with Gasteiger partial charge in [0.05, 0.1) is 22.2 Å². The molecule has 0 saturated carbocycles. The highest BCUT2D eigenvalue weighted by molar-refractivity contribution is 7.89. The highest BCUT2D eigenvalue weighted by Crippen LogP contribution is 2.32. The highest BCUT2D eigenvalue weighted by Gasteiger charge is 2.32. The number of sulfonamides is 1. The van der Waals surface area contributed by atoms with Crippen LogP contribution in [0.5, 0.6) is 5.75 Å². The molecule has 0 spiro atoms. The fourth-order valence-electron chi connectivity index (χ4n) is 4.08. The topological polar surface area (TPSA) is 148 Å². The first-order chi connectivity index (χ1) is 19.8. The Balaban J connectivity index is 1.68. The Morgan fingerprint density at radius 1 is 0.976 bits per heavy atom. The monoisotopic (exact) mass is 611 g/mol. The number of carbonyl (C=O) groups excluding carboxylic acids is 1. The molecule has 0 radical (unpaired) electrons. The predicted octanol–water partition coefficient (Wildman–Crippen LogP) is 4.60. The molecule has 0 aliphatic rings. The fraction of sp³-hybridized carbons (Fsp3) is 0.286. The van der Waals surface area contributed by atoms with Crippen LogP contribution in [0.2, 0.25) is 0 Å². The van der Waals surface area contributed by atoms with Crippen molar-refractivity contribution in [3.63, 3.8) is 0 Å². The summed E-state index contributed by atoms with van der Waals surface area (Å²) in [6, 6.07) is 15.2. The first-order valence-corrected chi connectivity index (χ1v) is 14.2. The van der Waals surface area contributed by atoms with Crippen molar-refractivity contribution in [1.29, 1.82) is 0 Å². The van der Waals surface area contributed by atoms with E-state index in [-0.39, 0.29) is 46.8 Å². The lowest BCUT2D eigenvalue weighted by molar-refractivity contribution is -0.153. The van der Waals surface area contributed by atoms with E-state index in [9.17, 15) is 35.6 Å². The number of nitrogens with two attached hydrogens (primary N) is 1. The van der Waals surface area contributed by atoms with Crippen LogP contribution in [0, 0.1) is 0 Å². The zero-order valence-corrected chi connectivity index (χ0v) is 22.9. The number of hydrogen-bond donors (Lipinski definition) is 4. The molecule has 3 aromatic carbocycles. The van der Waals surface area contributed by atoms with Gasteiger partial charge in [0.15, 0.2) is 0 Å². The summed E-state index contributed by atoms with van der Waals surface area (Å²) in [5.41, 5.74) is 5.34. The van der Waals surface area contributed by atoms with Gasteiger partial charge in [-0.25, -0.2) is 17.9 Å². The van der Waals surface area contributed by atoms with Gasteiger partial charge >= 0.3 is 18.5 Å². The maximum atomic E-state index is 13.5. The maximum absolute atomic E-state index is 13.5. The molecule has 42 heavy (non-hydrogen) atoms. The summed E-state index contributed by atoms with van der Waals surface area (Å²) in [5, 5.41) is 11.3. The van der Waals surface area contributed by atoms with E-state index in [1.807, 2.05) is 0 Å². The van der Waals surface area contributed by atoms with Crippen LogP contribution in [0.1, 0.15) is 42.0 Å². The third-order valence-corrected chi connectivity index (χ3v) is 7.61. The first kappa shape index (κ1) is 32.3. The zero-order chi connectivity index (χ0) is 30.9. The summed E-state index contributed by atoms with van der Waals surface area (Å²) in [7, 11) is -4.11. The summed E-state index contributed by atoms with van der Waals surface area (Å²) < 4.78 is 86.2. The molecule has 5 N–H and O–H groups in total. The van der Waals surface area contributed by atoms with E-state index in [4.69, 9.17) is 10.8 Å². The van der Waals surface area contributed by atoms with Crippen molar-refractivity contribution in [2.45, 2.75) is 49.2 Å². The predicted molar refractivity (Wildman–Crippen MR) is 146 cm³/mol. The number of anilines is 1. The molecule has 226 valence electrons. The standard InChI is InChI=1S/C28H29F4N3O6S/c29-26(27(37)38)41-24-14-13-19(16-22(24)33)23(35-42(39,40)20-10-2-1-3-11-20)17-25(36)34-15-7-6-9-18-8-4-5-12-21(18)28(30,31)32/h1-5,8,10-14,16,23,26,35H,6-7,9,15,17,33H2,(H,34,36)(H,37,38). The van der Waals surface area contributed by atoms with Crippen LogP contribution >= 0.6 is 0 Å². The molecular weight excluding hydrogens is 582 g/mol. The van der Waals surface area contributed by atoms with Crippen molar-refractivity contribution in [1.82, 2.24) is 10.0 Å². The number of nitrogens with one attached hydrogen (secondary N) is 2. The molecule has 14 heteroatoms. The van der Waals surface area contributed by atoms with E-state index >= 15 is 0 Å². The summed E-state index contributed by atoms with van der Waals surface area (Å²) in [4.78, 5) is 23.5. The number of carboxylic acid groups (broad SMARTS) is 1. The molecule has 0 fully saturated rings. The minimum atomic E-state index is -4.47. The number of alkyl halides is 4. The Hall–Kier alpha value is -4.17. The Labute approximate surface area is 239 Å². The number of nitrogen functional groups attached to an aromatic ring is 1. The van der Waals surface area contributed by atoms with Gasteiger partial charge < -0.3 is 20.9 Å².